The topological polar surface area (TPSA) is 46.4 Å². The highest BCUT2D eigenvalue weighted by Crippen LogP contribution is 2.24. The number of carbonyl (C=O) groups excluding carboxylic acids is 1. The third-order valence-corrected chi connectivity index (χ3v) is 4.93. The molecule has 0 spiro atoms. The number of likely N-dealkylation sites (N-methyl/N-ethyl adjacent to an activating group) is 1. The van der Waals surface area contributed by atoms with Crippen molar-refractivity contribution in [2.45, 2.75) is 32.7 Å². The van der Waals surface area contributed by atoms with Crippen LogP contribution in [0.1, 0.15) is 37.7 Å². The predicted molar refractivity (Wildman–Crippen MR) is 87.7 cm³/mol. The molecule has 2 rings (SSSR count). The lowest BCUT2D eigenvalue weighted by Crippen LogP contribution is -3.10. The molecule has 1 aromatic heterocycles. The summed E-state index contributed by atoms with van der Waals surface area (Å²) < 4.78 is 1.21. The number of aromatic nitrogens is 1. The van der Waals surface area contributed by atoms with Crippen LogP contribution in [0.4, 0.5) is 0 Å². The van der Waals surface area contributed by atoms with E-state index < -0.39 is 0 Å². The first-order valence-electron chi connectivity index (χ1n) is 7.56. The number of rotatable bonds is 7. The summed E-state index contributed by atoms with van der Waals surface area (Å²) in [5.41, 5.74) is 1.05. The van der Waals surface area contributed by atoms with Crippen molar-refractivity contribution in [3.63, 3.8) is 0 Å². The molecule has 21 heavy (non-hydrogen) atoms. The maximum Gasteiger partial charge on any atom is 0.275 e. The van der Waals surface area contributed by atoms with E-state index in [1.165, 1.54) is 9.60 Å². The molecule has 0 radical (unpaired) electrons. The summed E-state index contributed by atoms with van der Waals surface area (Å²) in [4.78, 5) is 17.7. The molecule has 0 bridgehead atoms. The number of unbranched alkanes of at least 4 members (excludes halogenated alkanes) is 1. The second-order valence-corrected chi connectivity index (χ2v) is 6.53. The smallest absolute Gasteiger partial charge is 0.275 e. The highest BCUT2D eigenvalue weighted by Gasteiger charge is 2.21. The van der Waals surface area contributed by atoms with E-state index in [1.807, 2.05) is 18.2 Å². The predicted octanol–water partition coefficient (Wildman–Crippen LogP) is 1.79. The lowest BCUT2D eigenvalue weighted by atomic mass is 10.3. The molecule has 5 heteroatoms. The number of hydrogen-bond donors (Lipinski definition) is 2. The maximum atomic E-state index is 11.9. The quantitative estimate of drug-likeness (QED) is 0.766. The van der Waals surface area contributed by atoms with Crippen LogP contribution in [0.25, 0.3) is 10.2 Å². The number of hydrogen-bond acceptors (Lipinski definition) is 3. The van der Waals surface area contributed by atoms with Crippen molar-refractivity contribution in [2.24, 2.45) is 0 Å². The molecule has 1 amide bonds. The summed E-state index contributed by atoms with van der Waals surface area (Å²) in [5.74, 6) is 0.119. The van der Waals surface area contributed by atoms with Gasteiger partial charge in [-0.1, -0.05) is 25.5 Å². The molecule has 0 aliphatic heterocycles. The largest absolute Gasteiger partial charge is 0.351 e. The minimum atomic E-state index is 0.119. The van der Waals surface area contributed by atoms with Gasteiger partial charge in [-0.2, -0.15) is 0 Å². The normalized spacial score (nSPS) is 14.0. The lowest BCUT2D eigenvalue weighted by Gasteiger charge is -2.19. The number of nitrogens with zero attached hydrogens (tertiary/aromatic N) is 1. The van der Waals surface area contributed by atoms with Gasteiger partial charge in [-0.05, 0) is 25.5 Å². The molecule has 2 atom stereocenters. The Labute approximate surface area is 130 Å². The number of para-hydroxylation sites is 1. The van der Waals surface area contributed by atoms with Crippen molar-refractivity contribution < 1.29 is 9.69 Å². The van der Waals surface area contributed by atoms with Gasteiger partial charge in [-0.25, -0.2) is 4.98 Å². The Morgan fingerprint density at radius 1 is 1.43 bits per heavy atom. The zero-order valence-corrected chi connectivity index (χ0v) is 13.8. The molecule has 0 saturated heterocycles. The number of fused-ring (bicyclic) bond motifs is 1. The van der Waals surface area contributed by atoms with Crippen molar-refractivity contribution >= 4 is 27.5 Å². The van der Waals surface area contributed by atoms with Crippen LogP contribution in [-0.2, 0) is 4.79 Å². The fraction of sp³-hybridized carbons (Fsp3) is 0.500. The molecule has 0 aliphatic carbocycles. The summed E-state index contributed by atoms with van der Waals surface area (Å²) in [6, 6.07) is 8.39. The molecule has 2 N–H and O–H groups in total. The molecular weight excluding hydrogens is 282 g/mol. The average molecular weight is 306 g/mol. The van der Waals surface area contributed by atoms with E-state index in [0.29, 0.717) is 6.54 Å². The van der Waals surface area contributed by atoms with Crippen LogP contribution in [0.3, 0.4) is 0 Å². The van der Waals surface area contributed by atoms with Crippen LogP contribution >= 0.6 is 11.3 Å². The minimum absolute atomic E-state index is 0.119. The number of carbonyl (C=O) groups is 1. The Bertz CT molecular complexity index is 563. The second-order valence-electron chi connectivity index (χ2n) is 5.47. The van der Waals surface area contributed by atoms with Crippen LogP contribution in [0.15, 0.2) is 24.3 Å². The second kappa shape index (κ2) is 7.52. The molecule has 1 aromatic carbocycles. The standard InChI is InChI=1S/C16H23N3OS/c1-4-5-10-17-15(20)11-19(3)12(2)16-18-13-8-6-7-9-14(13)21-16/h6-9,12H,4-5,10-11H2,1-3H3,(H,17,20)/p+1/t12-/m1/s1. The fourth-order valence-electron chi connectivity index (χ4n) is 2.16. The highest BCUT2D eigenvalue weighted by molar-refractivity contribution is 7.18. The molecule has 0 fully saturated rings. The molecule has 114 valence electrons. The first-order chi connectivity index (χ1) is 10.1. The van der Waals surface area contributed by atoms with Crippen LogP contribution in [0.5, 0.6) is 0 Å². The number of nitrogens with one attached hydrogen (secondary N) is 2. The Balaban J connectivity index is 1.95. The van der Waals surface area contributed by atoms with Crippen molar-refractivity contribution in [1.29, 1.82) is 0 Å². The summed E-state index contributed by atoms with van der Waals surface area (Å²) in [5, 5.41) is 4.06. The van der Waals surface area contributed by atoms with Gasteiger partial charge >= 0.3 is 0 Å². The van der Waals surface area contributed by atoms with Crippen molar-refractivity contribution in [3.05, 3.63) is 29.3 Å². The zero-order chi connectivity index (χ0) is 15.2. The SMILES string of the molecule is CCCCNC(=O)C[NH+](C)[C@H](C)c1nc2ccccc2s1. The average Bonchev–Trinajstić information content (AvgIpc) is 2.90. The van der Waals surface area contributed by atoms with Gasteiger partial charge in [0.05, 0.1) is 17.3 Å². The van der Waals surface area contributed by atoms with Crippen molar-refractivity contribution in [1.82, 2.24) is 10.3 Å². The third kappa shape index (κ3) is 4.25. The van der Waals surface area contributed by atoms with E-state index >= 15 is 0 Å². The molecule has 1 unspecified atom stereocenters. The first kappa shape index (κ1) is 15.9. The maximum absolute atomic E-state index is 11.9. The number of thiazole rings is 1. The van der Waals surface area contributed by atoms with Crippen molar-refractivity contribution in [3.8, 4) is 0 Å². The summed E-state index contributed by atoms with van der Waals surface area (Å²) >= 11 is 1.72. The van der Waals surface area contributed by atoms with E-state index in [0.717, 1.165) is 29.9 Å². The van der Waals surface area contributed by atoms with E-state index in [2.05, 4.69) is 37.3 Å². The van der Waals surface area contributed by atoms with E-state index in [-0.39, 0.29) is 11.9 Å². The Kier molecular flexibility index (Phi) is 5.70. The van der Waals surface area contributed by atoms with Crippen LogP contribution in [0.2, 0.25) is 0 Å². The summed E-state index contributed by atoms with van der Waals surface area (Å²) in [7, 11) is 2.05. The van der Waals surface area contributed by atoms with E-state index in [9.17, 15) is 4.79 Å². The molecular formula is C16H24N3OS+. The van der Waals surface area contributed by atoms with Gasteiger partial charge in [0.25, 0.3) is 5.91 Å². The summed E-state index contributed by atoms with van der Waals surface area (Å²) in [6.45, 7) is 5.52. The van der Waals surface area contributed by atoms with E-state index in [4.69, 9.17) is 0 Å². The third-order valence-electron chi connectivity index (χ3n) is 3.71. The minimum Gasteiger partial charge on any atom is -0.351 e. The molecule has 4 nitrogen and oxygen atoms in total. The Hall–Kier alpha value is -1.46. The van der Waals surface area contributed by atoms with Gasteiger partial charge in [-0.3, -0.25) is 4.79 Å². The summed E-state index contributed by atoms with van der Waals surface area (Å²) in [6.07, 6.45) is 2.14. The lowest BCUT2D eigenvalue weighted by molar-refractivity contribution is -0.902. The Morgan fingerprint density at radius 3 is 2.90 bits per heavy atom. The zero-order valence-electron chi connectivity index (χ0n) is 13.0. The van der Waals surface area contributed by atoms with Gasteiger partial charge in [0.15, 0.2) is 11.6 Å². The fourth-order valence-corrected chi connectivity index (χ4v) is 3.27. The van der Waals surface area contributed by atoms with Gasteiger partial charge in [0, 0.05) is 6.54 Å². The molecule has 0 aliphatic rings. The van der Waals surface area contributed by atoms with E-state index in [1.54, 1.807) is 11.3 Å². The Morgan fingerprint density at radius 2 is 2.19 bits per heavy atom. The van der Waals surface area contributed by atoms with Crippen LogP contribution < -0.4 is 10.2 Å². The first-order valence-corrected chi connectivity index (χ1v) is 8.38. The van der Waals surface area contributed by atoms with Gasteiger partial charge in [-0.15, -0.1) is 11.3 Å². The number of amides is 1. The monoisotopic (exact) mass is 306 g/mol. The molecule has 1 heterocycles. The molecule has 0 saturated carbocycles. The van der Waals surface area contributed by atoms with Crippen LogP contribution in [0, 0.1) is 0 Å². The number of benzene rings is 1. The number of quaternary nitrogens is 1. The van der Waals surface area contributed by atoms with Gasteiger partial charge in [0.2, 0.25) is 0 Å². The van der Waals surface area contributed by atoms with Gasteiger partial charge in [0.1, 0.15) is 6.04 Å². The van der Waals surface area contributed by atoms with Crippen LogP contribution in [-0.4, -0.2) is 31.0 Å². The molecule has 2 aromatic rings. The van der Waals surface area contributed by atoms with Gasteiger partial charge < -0.3 is 10.2 Å². The van der Waals surface area contributed by atoms with Crippen molar-refractivity contribution in [2.75, 3.05) is 20.1 Å². The highest BCUT2D eigenvalue weighted by atomic mass is 32.1.